The largest absolute Gasteiger partial charge is 0.365 e. The van der Waals surface area contributed by atoms with Gasteiger partial charge in [0, 0.05) is 25.3 Å². The third-order valence-corrected chi connectivity index (χ3v) is 3.13. The molecule has 4 heteroatoms. The van der Waals surface area contributed by atoms with E-state index < -0.39 is 0 Å². The van der Waals surface area contributed by atoms with Crippen LogP contribution in [0.5, 0.6) is 0 Å². The van der Waals surface area contributed by atoms with Crippen molar-refractivity contribution in [1.29, 1.82) is 0 Å². The van der Waals surface area contributed by atoms with E-state index in [1.807, 2.05) is 43.1 Å². The first-order chi connectivity index (χ1) is 9.08. The number of benzene rings is 1. The summed E-state index contributed by atoms with van der Waals surface area (Å²) in [5, 5.41) is 3.01. The summed E-state index contributed by atoms with van der Waals surface area (Å²) in [5.41, 5.74) is 7.78. The average Bonchev–Trinajstić information content (AvgIpc) is 2.38. The van der Waals surface area contributed by atoms with Crippen LogP contribution < -0.4 is 16.0 Å². The Balaban J connectivity index is 2.59. The van der Waals surface area contributed by atoms with Gasteiger partial charge in [0.05, 0.1) is 6.54 Å². The number of nitrogens with zero attached hydrogens (tertiary/aromatic N) is 1. The van der Waals surface area contributed by atoms with Crippen LogP contribution in [0.2, 0.25) is 0 Å². The van der Waals surface area contributed by atoms with Crippen LogP contribution in [-0.4, -0.2) is 25.5 Å². The molecule has 0 saturated heterocycles. The number of nitrogens with one attached hydrogen (secondary N) is 1. The normalized spacial score (nSPS) is 12.0. The topological polar surface area (TPSA) is 58.4 Å². The lowest BCUT2D eigenvalue weighted by atomic mass is 10.1. The maximum Gasteiger partial charge on any atom is 0.239 e. The molecule has 1 rings (SSSR count). The molecule has 0 aliphatic heterocycles. The lowest BCUT2D eigenvalue weighted by Crippen LogP contribution is -2.40. The van der Waals surface area contributed by atoms with Gasteiger partial charge < -0.3 is 16.0 Å². The second-order valence-corrected chi connectivity index (χ2v) is 4.95. The van der Waals surface area contributed by atoms with Gasteiger partial charge in [-0.3, -0.25) is 4.79 Å². The van der Waals surface area contributed by atoms with Crippen molar-refractivity contribution in [3.8, 4) is 0 Å². The highest BCUT2D eigenvalue weighted by Crippen LogP contribution is 2.18. The Hall–Kier alpha value is -1.55. The first-order valence-electron chi connectivity index (χ1n) is 6.87. The van der Waals surface area contributed by atoms with Gasteiger partial charge in [-0.15, -0.1) is 0 Å². The Kier molecular flexibility index (Phi) is 6.36. The maximum atomic E-state index is 11.9. The molecule has 0 spiro atoms. The molecule has 0 heterocycles. The fraction of sp³-hybridized carbons (Fsp3) is 0.533. The summed E-state index contributed by atoms with van der Waals surface area (Å²) >= 11 is 0. The van der Waals surface area contributed by atoms with E-state index in [2.05, 4.69) is 12.2 Å². The molecule has 4 nitrogen and oxygen atoms in total. The SMILES string of the molecule is CCCC(C)NC(=O)CN(C)c1ccccc1CN. The van der Waals surface area contributed by atoms with E-state index in [4.69, 9.17) is 5.73 Å². The van der Waals surface area contributed by atoms with Crippen LogP contribution in [0.4, 0.5) is 5.69 Å². The Bertz CT molecular complexity index is 406. The number of carbonyl (C=O) groups is 1. The minimum Gasteiger partial charge on any atom is -0.365 e. The molecule has 1 aromatic rings. The van der Waals surface area contributed by atoms with Gasteiger partial charge >= 0.3 is 0 Å². The van der Waals surface area contributed by atoms with Gasteiger partial charge in [-0.25, -0.2) is 0 Å². The van der Waals surface area contributed by atoms with Gasteiger partial charge in [0.1, 0.15) is 0 Å². The number of carbonyl (C=O) groups excluding carboxylic acids is 1. The molecule has 1 amide bonds. The number of nitrogens with two attached hydrogens (primary N) is 1. The first-order valence-corrected chi connectivity index (χ1v) is 6.87. The van der Waals surface area contributed by atoms with Gasteiger partial charge in [0.2, 0.25) is 5.91 Å². The molecule has 106 valence electrons. The number of rotatable bonds is 7. The van der Waals surface area contributed by atoms with Gasteiger partial charge in [0.15, 0.2) is 0 Å². The molecule has 1 atom stereocenters. The van der Waals surface area contributed by atoms with Gasteiger partial charge in [0.25, 0.3) is 0 Å². The monoisotopic (exact) mass is 263 g/mol. The van der Waals surface area contributed by atoms with E-state index in [0.717, 1.165) is 24.1 Å². The molecule has 0 aromatic heterocycles. The fourth-order valence-electron chi connectivity index (χ4n) is 2.18. The highest BCUT2D eigenvalue weighted by molar-refractivity contribution is 5.81. The lowest BCUT2D eigenvalue weighted by Gasteiger charge is -2.22. The fourth-order valence-corrected chi connectivity index (χ4v) is 2.18. The second-order valence-electron chi connectivity index (χ2n) is 4.95. The number of likely N-dealkylation sites (N-methyl/N-ethyl adjacent to an activating group) is 1. The van der Waals surface area contributed by atoms with Crippen molar-refractivity contribution in [3.63, 3.8) is 0 Å². The minimum absolute atomic E-state index is 0.0512. The van der Waals surface area contributed by atoms with Gasteiger partial charge in [-0.1, -0.05) is 31.5 Å². The zero-order chi connectivity index (χ0) is 14.3. The van der Waals surface area contributed by atoms with E-state index in [9.17, 15) is 4.79 Å². The van der Waals surface area contributed by atoms with Crippen molar-refractivity contribution in [2.45, 2.75) is 39.3 Å². The van der Waals surface area contributed by atoms with Crippen LogP contribution in [-0.2, 0) is 11.3 Å². The summed E-state index contributed by atoms with van der Waals surface area (Å²) in [5.74, 6) is 0.0512. The number of amides is 1. The van der Waals surface area contributed by atoms with Crippen LogP contribution in [0.1, 0.15) is 32.3 Å². The molecular formula is C15H25N3O. The van der Waals surface area contributed by atoms with Gasteiger partial charge in [-0.2, -0.15) is 0 Å². The van der Waals surface area contributed by atoms with E-state index >= 15 is 0 Å². The highest BCUT2D eigenvalue weighted by Gasteiger charge is 2.11. The van der Waals surface area contributed by atoms with E-state index in [1.165, 1.54) is 0 Å². The second kappa shape index (κ2) is 7.79. The van der Waals surface area contributed by atoms with E-state index in [1.54, 1.807) is 0 Å². The quantitative estimate of drug-likeness (QED) is 0.790. The molecule has 0 saturated carbocycles. The third-order valence-electron chi connectivity index (χ3n) is 3.13. The molecule has 1 aromatic carbocycles. The predicted molar refractivity (Wildman–Crippen MR) is 80.1 cm³/mol. The Labute approximate surface area is 116 Å². The average molecular weight is 263 g/mol. The van der Waals surface area contributed by atoms with Crippen molar-refractivity contribution in [1.82, 2.24) is 5.32 Å². The number of hydrogen-bond donors (Lipinski definition) is 2. The third kappa shape index (κ3) is 4.91. The number of hydrogen-bond acceptors (Lipinski definition) is 3. The maximum absolute atomic E-state index is 11.9. The summed E-state index contributed by atoms with van der Waals surface area (Å²) in [7, 11) is 1.92. The first kappa shape index (κ1) is 15.5. The molecule has 0 fully saturated rings. The van der Waals surface area contributed by atoms with Crippen LogP contribution in [0, 0.1) is 0 Å². The predicted octanol–water partition coefficient (Wildman–Crippen LogP) is 1.89. The van der Waals surface area contributed by atoms with Crippen LogP contribution >= 0.6 is 0 Å². The molecule has 1 unspecified atom stereocenters. The zero-order valence-electron chi connectivity index (χ0n) is 12.1. The van der Waals surface area contributed by atoms with E-state index in [-0.39, 0.29) is 11.9 Å². The Morgan fingerprint density at radius 2 is 2.11 bits per heavy atom. The van der Waals surface area contributed by atoms with Crippen molar-refractivity contribution in [2.24, 2.45) is 5.73 Å². The van der Waals surface area contributed by atoms with E-state index in [0.29, 0.717) is 13.1 Å². The molecule has 0 aliphatic rings. The molecular weight excluding hydrogens is 238 g/mol. The van der Waals surface area contributed by atoms with Crippen molar-refractivity contribution in [3.05, 3.63) is 29.8 Å². The van der Waals surface area contributed by atoms with Gasteiger partial charge in [-0.05, 0) is 25.0 Å². The zero-order valence-corrected chi connectivity index (χ0v) is 12.1. The summed E-state index contributed by atoms with van der Waals surface area (Å²) in [6.07, 6.45) is 2.09. The smallest absolute Gasteiger partial charge is 0.239 e. The molecule has 0 aliphatic carbocycles. The Morgan fingerprint density at radius 1 is 1.42 bits per heavy atom. The molecule has 0 bridgehead atoms. The lowest BCUT2D eigenvalue weighted by molar-refractivity contribution is -0.120. The van der Waals surface area contributed by atoms with Crippen molar-refractivity contribution < 1.29 is 4.79 Å². The summed E-state index contributed by atoms with van der Waals surface area (Å²) in [6.45, 7) is 4.99. The molecule has 19 heavy (non-hydrogen) atoms. The molecule has 0 radical (unpaired) electrons. The van der Waals surface area contributed by atoms with Crippen LogP contribution in [0.25, 0.3) is 0 Å². The summed E-state index contributed by atoms with van der Waals surface area (Å²) in [4.78, 5) is 13.9. The molecule has 3 N–H and O–H groups in total. The van der Waals surface area contributed by atoms with Crippen LogP contribution in [0.3, 0.4) is 0 Å². The summed E-state index contributed by atoms with van der Waals surface area (Å²) < 4.78 is 0. The number of anilines is 1. The van der Waals surface area contributed by atoms with Crippen molar-refractivity contribution in [2.75, 3.05) is 18.5 Å². The minimum atomic E-state index is 0.0512. The highest BCUT2D eigenvalue weighted by atomic mass is 16.2. The van der Waals surface area contributed by atoms with Crippen LogP contribution in [0.15, 0.2) is 24.3 Å². The number of para-hydroxylation sites is 1. The Morgan fingerprint density at radius 3 is 2.74 bits per heavy atom. The standard InChI is InChI=1S/C15H25N3O/c1-4-7-12(2)17-15(19)11-18(3)14-9-6-5-8-13(14)10-16/h5-6,8-9,12H,4,7,10-11,16H2,1-3H3,(H,17,19). The van der Waals surface area contributed by atoms with Crippen molar-refractivity contribution >= 4 is 11.6 Å². The summed E-state index contributed by atoms with van der Waals surface area (Å²) in [6, 6.07) is 8.13.